The van der Waals surface area contributed by atoms with Gasteiger partial charge in [-0.25, -0.2) is 4.98 Å². The number of halogens is 1. The zero-order valence-corrected chi connectivity index (χ0v) is 8.84. The lowest BCUT2D eigenvalue weighted by Gasteiger charge is -1.99. The average molecular weight is 244 g/mol. The number of carbonyl (C=O) groups is 1. The van der Waals surface area contributed by atoms with Crippen LogP contribution in [-0.2, 0) is 7.05 Å². The molecular weight excluding hydrogens is 234 g/mol. The number of amides is 1. The second-order valence-electron chi connectivity index (χ2n) is 2.62. The lowest BCUT2D eigenvalue weighted by molar-refractivity contribution is 0.0953. The van der Waals surface area contributed by atoms with Crippen LogP contribution in [0.25, 0.3) is 0 Å². The predicted molar refractivity (Wildman–Crippen MR) is 53.6 cm³/mol. The van der Waals surface area contributed by atoms with E-state index in [1.165, 1.54) is 0 Å². The zero-order valence-electron chi connectivity index (χ0n) is 7.25. The number of carbonyl (C=O) groups excluding carboxylic acids is 1. The Kier molecular flexibility index (Phi) is 3.25. The Labute approximate surface area is 84.8 Å². The molecule has 1 N–H and O–H groups in total. The Bertz CT molecular complexity index is 332. The topological polar surface area (TPSA) is 46.9 Å². The first-order chi connectivity index (χ1) is 6.09. The molecule has 0 atom stereocenters. The van der Waals surface area contributed by atoms with Crippen LogP contribution in [0.15, 0.2) is 23.6 Å². The number of imidazole rings is 1. The van der Waals surface area contributed by atoms with Gasteiger partial charge < -0.3 is 9.88 Å². The molecule has 13 heavy (non-hydrogen) atoms. The molecule has 1 amide bonds. The Hall–Kier alpha value is -1.10. The van der Waals surface area contributed by atoms with Crippen LogP contribution < -0.4 is 5.32 Å². The van der Waals surface area contributed by atoms with Gasteiger partial charge in [0.2, 0.25) is 0 Å². The molecule has 1 rings (SSSR count). The Morgan fingerprint density at radius 3 is 3.00 bits per heavy atom. The van der Waals surface area contributed by atoms with E-state index in [1.54, 1.807) is 17.1 Å². The molecule has 4 nitrogen and oxygen atoms in total. The smallest absolute Gasteiger partial charge is 0.271 e. The highest BCUT2D eigenvalue weighted by atomic mass is 79.9. The monoisotopic (exact) mass is 243 g/mol. The molecule has 0 bridgehead atoms. The molecule has 0 saturated heterocycles. The summed E-state index contributed by atoms with van der Waals surface area (Å²) in [4.78, 5) is 15.2. The first kappa shape index (κ1) is 9.98. The van der Waals surface area contributed by atoms with Crippen LogP contribution in [0.3, 0.4) is 0 Å². The van der Waals surface area contributed by atoms with Crippen molar-refractivity contribution < 1.29 is 4.79 Å². The van der Waals surface area contributed by atoms with Crippen LogP contribution in [0.4, 0.5) is 0 Å². The predicted octanol–water partition coefficient (Wildman–Crippen LogP) is 1.06. The molecule has 1 heterocycles. The van der Waals surface area contributed by atoms with Crippen molar-refractivity contribution in [1.82, 2.24) is 14.9 Å². The normalized spacial score (nSPS) is 9.69. The number of nitrogens with zero attached hydrogens (tertiary/aromatic N) is 2. The molecule has 0 fully saturated rings. The van der Waals surface area contributed by atoms with Gasteiger partial charge in [-0.2, -0.15) is 0 Å². The van der Waals surface area contributed by atoms with Crippen molar-refractivity contribution in [3.05, 3.63) is 29.3 Å². The summed E-state index contributed by atoms with van der Waals surface area (Å²) in [6.07, 6.45) is 3.24. The third-order valence-corrected chi connectivity index (χ3v) is 1.66. The molecular formula is C8H10BrN3O. The largest absolute Gasteiger partial charge is 0.346 e. The highest BCUT2D eigenvalue weighted by Crippen LogP contribution is 1.98. The summed E-state index contributed by atoms with van der Waals surface area (Å²) in [7, 11) is 1.81. The van der Waals surface area contributed by atoms with Gasteiger partial charge in [-0.1, -0.05) is 22.5 Å². The molecule has 0 aliphatic heterocycles. The van der Waals surface area contributed by atoms with Gasteiger partial charge in [-0.3, -0.25) is 4.79 Å². The fraction of sp³-hybridized carbons (Fsp3) is 0.250. The third kappa shape index (κ3) is 3.02. The van der Waals surface area contributed by atoms with Crippen molar-refractivity contribution in [3.8, 4) is 0 Å². The Balaban J connectivity index is 2.54. The first-order valence-corrected chi connectivity index (χ1v) is 4.48. The minimum absolute atomic E-state index is 0.193. The fourth-order valence-corrected chi connectivity index (χ4v) is 0.937. The summed E-state index contributed by atoms with van der Waals surface area (Å²) in [5.74, 6) is -0.193. The molecule has 0 aliphatic carbocycles. The van der Waals surface area contributed by atoms with Gasteiger partial charge in [0.25, 0.3) is 5.91 Å². The number of aromatic nitrogens is 2. The Morgan fingerprint density at radius 1 is 1.85 bits per heavy atom. The highest BCUT2D eigenvalue weighted by Gasteiger charge is 2.06. The third-order valence-electron chi connectivity index (χ3n) is 1.38. The van der Waals surface area contributed by atoms with Crippen LogP contribution >= 0.6 is 15.9 Å². The van der Waals surface area contributed by atoms with Crippen molar-refractivity contribution in [1.29, 1.82) is 0 Å². The van der Waals surface area contributed by atoms with E-state index in [-0.39, 0.29) is 5.91 Å². The maximum absolute atomic E-state index is 11.3. The highest BCUT2D eigenvalue weighted by molar-refractivity contribution is 9.11. The fourth-order valence-electron chi connectivity index (χ4n) is 0.797. The minimum Gasteiger partial charge on any atom is -0.346 e. The van der Waals surface area contributed by atoms with Crippen molar-refractivity contribution in [2.45, 2.75) is 0 Å². The number of hydrogen-bond donors (Lipinski definition) is 1. The Morgan fingerprint density at radius 2 is 2.54 bits per heavy atom. The average Bonchev–Trinajstić information content (AvgIpc) is 2.47. The molecule has 1 aromatic rings. The van der Waals surface area contributed by atoms with E-state index in [0.717, 1.165) is 4.48 Å². The van der Waals surface area contributed by atoms with Crippen molar-refractivity contribution in [2.75, 3.05) is 6.54 Å². The molecule has 5 heteroatoms. The molecule has 0 unspecified atom stereocenters. The molecule has 1 aromatic heterocycles. The number of nitrogens with one attached hydrogen (secondary N) is 1. The van der Waals surface area contributed by atoms with E-state index in [4.69, 9.17) is 0 Å². The van der Waals surface area contributed by atoms with Crippen LogP contribution in [0, 0.1) is 0 Å². The summed E-state index contributed by atoms with van der Waals surface area (Å²) in [5, 5.41) is 2.65. The molecule has 70 valence electrons. The van der Waals surface area contributed by atoms with E-state index in [0.29, 0.717) is 12.2 Å². The van der Waals surface area contributed by atoms with E-state index < -0.39 is 0 Å². The summed E-state index contributed by atoms with van der Waals surface area (Å²) in [6, 6.07) is 0. The molecule has 0 aromatic carbocycles. The minimum atomic E-state index is -0.193. The number of rotatable bonds is 3. The van der Waals surface area contributed by atoms with Gasteiger partial charge in [0.05, 0.1) is 6.33 Å². The maximum Gasteiger partial charge on any atom is 0.271 e. The van der Waals surface area contributed by atoms with Gasteiger partial charge >= 0.3 is 0 Å². The zero-order chi connectivity index (χ0) is 9.84. The van der Waals surface area contributed by atoms with Gasteiger partial charge in [0, 0.05) is 24.3 Å². The van der Waals surface area contributed by atoms with Gasteiger partial charge in [-0.15, -0.1) is 0 Å². The maximum atomic E-state index is 11.3. The van der Waals surface area contributed by atoms with Crippen molar-refractivity contribution in [3.63, 3.8) is 0 Å². The van der Waals surface area contributed by atoms with E-state index in [9.17, 15) is 4.79 Å². The number of aryl methyl sites for hydroxylation is 1. The van der Waals surface area contributed by atoms with Crippen LogP contribution in [0.1, 0.15) is 10.5 Å². The van der Waals surface area contributed by atoms with E-state index in [2.05, 4.69) is 32.8 Å². The standard InChI is InChI=1S/C8H10BrN3O/c1-6(9)3-10-8(13)7-4-12(2)5-11-7/h4-5H,1,3H2,2H3,(H,10,13). The summed E-state index contributed by atoms with van der Waals surface area (Å²) in [5.41, 5.74) is 0.413. The van der Waals surface area contributed by atoms with Crippen molar-refractivity contribution >= 4 is 21.8 Å². The van der Waals surface area contributed by atoms with Crippen LogP contribution in [0.5, 0.6) is 0 Å². The van der Waals surface area contributed by atoms with Gasteiger partial charge in [0.15, 0.2) is 0 Å². The second kappa shape index (κ2) is 4.23. The lowest BCUT2D eigenvalue weighted by atomic mass is 10.4. The first-order valence-electron chi connectivity index (χ1n) is 3.69. The molecule has 0 aliphatic rings. The van der Waals surface area contributed by atoms with E-state index >= 15 is 0 Å². The van der Waals surface area contributed by atoms with E-state index in [1.807, 2.05) is 7.05 Å². The van der Waals surface area contributed by atoms with Crippen molar-refractivity contribution in [2.24, 2.45) is 7.05 Å². The summed E-state index contributed by atoms with van der Waals surface area (Å²) in [6.45, 7) is 4.01. The molecule has 0 saturated carbocycles. The second-order valence-corrected chi connectivity index (χ2v) is 3.75. The van der Waals surface area contributed by atoms with Gasteiger partial charge in [-0.05, 0) is 0 Å². The molecule has 0 radical (unpaired) electrons. The summed E-state index contributed by atoms with van der Waals surface area (Å²) < 4.78 is 2.45. The number of hydrogen-bond acceptors (Lipinski definition) is 2. The van der Waals surface area contributed by atoms with Crippen LogP contribution in [-0.4, -0.2) is 22.0 Å². The lowest BCUT2D eigenvalue weighted by Crippen LogP contribution is -2.24. The van der Waals surface area contributed by atoms with Crippen LogP contribution in [0.2, 0.25) is 0 Å². The SMILES string of the molecule is C=C(Br)CNC(=O)c1cn(C)cn1. The van der Waals surface area contributed by atoms with Gasteiger partial charge in [0.1, 0.15) is 5.69 Å². The summed E-state index contributed by atoms with van der Waals surface area (Å²) >= 11 is 3.15. The molecule has 0 spiro atoms. The quantitative estimate of drug-likeness (QED) is 0.864.